The Bertz CT molecular complexity index is 556. The minimum absolute atomic E-state index is 0.0465. The summed E-state index contributed by atoms with van der Waals surface area (Å²) >= 11 is 0. The second-order valence-corrected chi connectivity index (χ2v) is 4.33. The van der Waals surface area contributed by atoms with Crippen LogP contribution in [0, 0.1) is 0 Å². The Balaban J connectivity index is 2.06. The number of aliphatic carboxylic acids is 1. The molecule has 0 fully saturated rings. The maximum atomic E-state index is 10.8. The van der Waals surface area contributed by atoms with Crippen LogP contribution in [0.5, 0.6) is 0 Å². The van der Waals surface area contributed by atoms with Crippen LogP contribution in [0.3, 0.4) is 0 Å². The molecule has 0 saturated carbocycles. The Kier molecular flexibility index (Phi) is 4.78. The molecule has 0 aliphatic carbocycles. The molecule has 0 aliphatic heterocycles. The van der Waals surface area contributed by atoms with Crippen LogP contribution in [0.1, 0.15) is 19.2 Å². The molecule has 0 amide bonds. The second-order valence-electron chi connectivity index (χ2n) is 4.33. The zero-order valence-electron chi connectivity index (χ0n) is 11.2. The van der Waals surface area contributed by atoms with Crippen molar-refractivity contribution >= 4 is 5.97 Å². The third-order valence-electron chi connectivity index (χ3n) is 2.62. The van der Waals surface area contributed by atoms with Crippen LogP contribution >= 0.6 is 0 Å². The first-order valence-electron chi connectivity index (χ1n) is 6.37. The minimum atomic E-state index is -0.872. The lowest BCUT2D eigenvalue weighted by Gasteiger charge is -2.16. The summed E-state index contributed by atoms with van der Waals surface area (Å²) in [6, 6.07) is 5.43. The molecular weight excluding hydrogens is 260 g/mol. The molecular formula is C13H16N4O3. The summed E-state index contributed by atoms with van der Waals surface area (Å²) in [5, 5.41) is 12.7. The monoisotopic (exact) mass is 276 g/mol. The van der Waals surface area contributed by atoms with E-state index in [1.807, 2.05) is 13.0 Å². The fourth-order valence-corrected chi connectivity index (χ4v) is 1.83. The van der Waals surface area contributed by atoms with Crippen molar-refractivity contribution in [2.45, 2.75) is 19.9 Å². The molecule has 0 atom stereocenters. The third kappa shape index (κ3) is 3.86. The standard InChI is InChI=1S/C13H16N4O3/c1-2-7-17(9-12(18)19)8-11-15-13(16-20-11)10-5-3-4-6-14-10/h3-6H,2,7-9H2,1H3,(H,18,19). The largest absolute Gasteiger partial charge is 0.480 e. The van der Waals surface area contributed by atoms with E-state index in [-0.39, 0.29) is 6.54 Å². The van der Waals surface area contributed by atoms with E-state index in [0.717, 1.165) is 6.42 Å². The second kappa shape index (κ2) is 6.76. The maximum absolute atomic E-state index is 10.8. The van der Waals surface area contributed by atoms with E-state index >= 15 is 0 Å². The zero-order chi connectivity index (χ0) is 14.4. The molecule has 106 valence electrons. The van der Waals surface area contributed by atoms with E-state index in [9.17, 15) is 4.79 Å². The maximum Gasteiger partial charge on any atom is 0.317 e. The van der Waals surface area contributed by atoms with E-state index in [1.165, 1.54) is 0 Å². The predicted octanol–water partition coefficient (Wildman–Crippen LogP) is 1.43. The van der Waals surface area contributed by atoms with Gasteiger partial charge in [-0.25, -0.2) is 0 Å². The Morgan fingerprint density at radius 1 is 1.45 bits per heavy atom. The summed E-state index contributed by atoms with van der Waals surface area (Å²) in [7, 11) is 0. The first-order valence-corrected chi connectivity index (χ1v) is 6.37. The molecule has 2 rings (SSSR count). The first kappa shape index (κ1) is 14.1. The Morgan fingerprint density at radius 3 is 2.95 bits per heavy atom. The summed E-state index contributed by atoms with van der Waals surface area (Å²) in [6.07, 6.45) is 2.51. The molecule has 7 heteroatoms. The number of nitrogens with zero attached hydrogens (tertiary/aromatic N) is 4. The van der Waals surface area contributed by atoms with Gasteiger partial charge in [-0.05, 0) is 25.1 Å². The molecule has 0 aromatic carbocycles. The number of carbonyl (C=O) groups is 1. The molecule has 0 aliphatic rings. The highest BCUT2D eigenvalue weighted by Crippen LogP contribution is 2.13. The molecule has 20 heavy (non-hydrogen) atoms. The molecule has 0 bridgehead atoms. The van der Waals surface area contributed by atoms with Crippen LogP contribution in [-0.2, 0) is 11.3 Å². The minimum Gasteiger partial charge on any atom is -0.480 e. The predicted molar refractivity (Wildman–Crippen MR) is 70.7 cm³/mol. The van der Waals surface area contributed by atoms with Gasteiger partial charge in [0.15, 0.2) is 0 Å². The highest BCUT2D eigenvalue weighted by Gasteiger charge is 2.15. The summed E-state index contributed by atoms with van der Waals surface area (Å²) in [5.74, 6) is -0.0735. The molecule has 0 unspecified atom stereocenters. The van der Waals surface area contributed by atoms with Crippen molar-refractivity contribution in [2.24, 2.45) is 0 Å². The van der Waals surface area contributed by atoms with Crippen molar-refractivity contribution in [3.63, 3.8) is 0 Å². The van der Waals surface area contributed by atoms with Gasteiger partial charge in [0.1, 0.15) is 5.69 Å². The van der Waals surface area contributed by atoms with E-state index in [2.05, 4.69) is 15.1 Å². The summed E-state index contributed by atoms with van der Waals surface area (Å²) in [5.41, 5.74) is 0.628. The van der Waals surface area contributed by atoms with Gasteiger partial charge >= 0.3 is 5.97 Å². The lowest BCUT2D eigenvalue weighted by atomic mass is 10.3. The zero-order valence-corrected chi connectivity index (χ0v) is 11.2. The van der Waals surface area contributed by atoms with Crippen molar-refractivity contribution in [2.75, 3.05) is 13.1 Å². The Morgan fingerprint density at radius 2 is 2.30 bits per heavy atom. The Labute approximate surface area is 116 Å². The van der Waals surface area contributed by atoms with Crippen LogP contribution in [0.2, 0.25) is 0 Å². The number of carboxylic acid groups (broad SMARTS) is 1. The average molecular weight is 276 g/mol. The molecule has 0 radical (unpaired) electrons. The van der Waals surface area contributed by atoms with Gasteiger partial charge in [-0.3, -0.25) is 14.7 Å². The third-order valence-corrected chi connectivity index (χ3v) is 2.62. The molecule has 2 aromatic rings. The van der Waals surface area contributed by atoms with Crippen molar-refractivity contribution in [3.05, 3.63) is 30.3 Å². The molecule has 1 N–H and O–H groups in total. The number of rotatable bonds is 7. The van der Waals surface area contributed by atoms with Crippen LogP contribution in [-0.4, -0.2) is 44.2 Å². The van der Waals surface area contributed by atoms with Gasteiger partial charge in [0, 0.05) is 6.20 Å². The van der Waals surface area contributed by atoms with Crippen molar-refractivity contribution in [1.82, 2.24) is 20.0 Å². The van der Waals surface area contributed by atoms with Gasteiger partial charge < -0.3 is 9.63 Å². The molecule has 0 saturated heterocycles. The molecule has 0 spiro atoms. The van der Waals surface area contributed by atoms with Crippen LogP contribution in [0.4, 0.5) is 0 Å². The summed E-state index contributed by atoms with van der Waals surface area (Å²) in [6.45, 7) is 2.92. The molecule has 2 heterocycles. The number of hydrogen-bond donors (Lipinski definition) is 1. The fourth-order valence-electron chi connectivity index (χ4n) is 1.83. The van der Waals surface area contributed by atoms with Crippen LogP contribution in [0.15, 0.2) is 28.9 Å². The molecule has 2 aromatic heterocycles. The van der Waals surface area contributed by atoms with Gasteiger partial charge in [-0.2, -0.15) is 4.98 Å². The number of hydrogen-bond acceptors (Lipinski definition) is 6. The quantitative estimate of drug-likeness (QED) is 0.817. The summed E-state index contributed by atoms with van der Waals surface area (Å²) in [4.78, 5) is 20.9. The van der Waals surface area contributed by atoms with Crippen LogP contribution < -0.4 is 0 Å². The fraction of sp³-hybridized carbons (Fsp3) is 0.385. The Hall–Kier alpha value is -2.28. The van der Waals surface area contributed by atoms with Crippen molar-refractivity contribution in [1.29, 1.82) is 0 Å². The highest BCUT2D eigenvalue weighted by molar-refractivity contribution is 5.69. The van der Waals surface area contributed by atoms with E-state index < -0.39 is 5.97 Å². The van der Waals surface area contributed by atoms with Crippen molar-refractivity contribution in [3.8, 4) is 11.5 Å². The van der Waals surface area contributed by atoms with Gasteiger partial charge in [-0.15, -0.1) is 0 Å². The number of aromatic nitrogens is 3. The van der Waals surface area contributed by atoms with E-state index in [1.54, 1.807) is 23.2 Å². The smallest absolute Gasteiger partial charge is 0.317 e. The topological polar surface area (TPSA) is 92.4 Å². The van der Waals surface area contributed by atoms with Crippen molar-refractivity contribution < 1.29 is 14.4 Å². The first-order chi connectivity index (χ1) is 9.69. The van der Waals surface area contributed by atoms with Gasteiger partial charge in [0.2, 0.25) is 11.7 Å². The lowest BCUT2D eigenvalue weighted by molar-refractivity contribution is -0.138. The highest BCUT2D eigenvalue weighted by atomic mass is 16.5. The normalized spacial score (nSPS) is 10.9. The number of pyridine rings is 1. The van der Waals surface area contributed by atoms with E-state index in [0.29, 0.717) is 30.5 Å². The van der Waals surface area contributed by atoms with Gasteiger partial charge in [-0.1, -0.05) is 18.1 Å². The molecule has 7 nitrogen and oxygen atoms in total. The lowest BCUT2D eigenvalue weighted by Crippen LogP contribution is -2.30. The van der Waals surface area contributed by atoms with Gasteiger partial charge in [0.05, 0.1) is 13.1 Å². The van der Waals surface area contributed by atoms with Gasteiger partial charge in [0.25, 0.3) is 0 Å². The van der Waals surface area contributed by atoms with Crippen LogP contribution in [0.25, 0.3) is 11.5 Å². The SMILES string of the molecule is CCCN(CC(=O)O)Cc1nc(-c2ccccn2)no1. The van der Waals surface area contributed by atoms with E-state index in [4.69, 9.17) is 9.63 Å². The summed E-state index contributed by atoms with van der Waals surface area (Å²) < 4.78 is 5.14. The number of carboxylic acids is 1. The average Bonchev–Trinajstić information content (AvgIpc) is 2.88.